The third-order valence-electron chi connectivity index (χ3n) is 5.22. The first-order chi connectivity index (χ1) is 10.3. The van der Waals surface area contributed by atoms with E-state index in [2.05, 4.69) is 11.0 Å². The summed E-state index contributed by atoms with van der Waals surface area (Å²) >= 11 is 0. The molecule has 1 aromatic rings. The Morgan fingerprint density at radius 1 is 1.14 bits per heavy atom. The highest BCUT2D eigenvalue weighted by molar-refractivity contribution is 5.36. The lowest BCUT2D eigenvalue weighted by atomic mass is 9.77. The monoisotopic (exact) mass is 284 g/mol. The van der Waals surface area contributed by atoms with E-state index in [1.54, 1.807) is 6.07 Å². The molecule has 0 amide bonds. The maximum Gasteiger partial charge on any atom is 0.120 e. The Hall–Kier alpha value is -1.53. The molecule has 0 bridgehead atoms. The van der Waals surface area contributed by atoms with Crippen molar-refractivity contribution in [2.45, 2.75) is 38.5 Å². The van der Waals surface area contributed by atoms with Crippen molar-refractivity contribution in [3.05, 3.63) is 29.8 Å². The zero-order valence-electron chi connectivity index (χ0n) is 12.7. The van der Waals surface area contributed by atoms with Crippen LogP contribution < -0.4 is 4.74 Å². The number of rotatable bonds is 4. The summed E-state index contributed by atoms with van der Waals surface area (Å²) in [6, 6.07) is 9.55. The Kier molecular flexibility index (Phi) is 4.45. The highest BCUT2D eigenvalue weighted by atomic mass is 16.5. The minimum atomic E-state index is 0.661. The molecule has 3 nitrogen and oxygen atoms in total. The van der Waals surface area contributed by atoms with Crippen molar-refractivity contribution < 1.29 is 4.74 Å². The number of hydrogen-bond acceptors (Lipinski definition) is 3. The third-order valence-corrected chi connectivity index (χ3v) is 5.22. The zero-order chi connectivity index (χ0) is 14.5. The third kappa shape index (κ3) is 3.57. The van der Waals surface area contributed by atoms with E-state index in [1.165, 1.54) is 51.6 Å². The van der Waals surface area contributed by atoms with Gasteiger partial charge in [0.1, 0.15) is 12.4 Å². The number of likely N-dealkylation sites (tertiary alicyclic amines) is 1. The number of hydrogen-bond donors (Lipinski definition) is 0. The summed E-state index contributed by atoms with van der Waals surface area (Å²) in [6.45, 7) is 4.15. The quantitative estimate of drug-likeness (QED) is 0.847. The number of nitrogens with zero attached hydrogens (tertiary/aromatic N) is 2. The molecule has 0 atom stereocenters. The molecular formula is C18H24N2O. The van der Waals surface area contributed by atoms with Crippen molar-refractivity contribution in [1.82, 2.24) is 4.90 Å². The van der Waals surface area contributed by atoms with Crippen LogP contribution in [-0.2, 0) is 0 Å². The second-order valence-corrected chi connectivity index (χ2v) is 6.54. The topological polar surface area (TPSA) is 36.3 Å². The molecule has 3 heteroatoms. The number of piperidine rings is 1. The van der Waals surface area contributed by atoms with Gasteiger partial charge in [0.05, 0.1) is 11.6 Å². The Morgan fingerprint density at radius 3 is 2.62 bits per heavy atom. The average Bonchev–Trinajstić information content (AvgIpc) is 2.98. The molecule has 1 saturated carbocycles. The SMILES string of the molecule is N#Cc1cccc(OCCN2CCC3(CCCC3)CC2)c1. The minimum Gasteiger partial charge on any atom is -0.492 e. The Balaban J connectivity index is 1.41. The van der Waals surface area contributed by atoms with Gasteiger partial charge in [-0.2, -0.15) is 5.26 Å². The largest absolute Gasteiger partial charge is 0.492 e. The Morgan fingerprint density at radius 2 is 1.90 bits per heavy atom. The number of ether oxygens (including phenoxy) is 1. The zero-order valence-corrected chi connectivity index (χ0v) is 12.7. The average molecular weight is 284 g/mol. The van der Waals surface area contributed by atoms with Gasteiger partial charge in [-0.05, 0) is 62.4 Å². The van der Waals surface area contributed by atoms with Crippen LogP contribution in [0.5, 0.6) is 5.75 Å². The molecule has 21 heavy (non-hydrogen) atoms. The number of benzene rings is 1. The fourth-order valence-corrected chi connectivity index (χ4v) is 3.82. The van der Waals surface area contributed by atoms with Crippen molar-refractivity contribution in [2.75, 3.05) is 26.2 Å². The molecule has 3 rings (SSSR count). The summed E-state index contributed by atoms with van der Waals surface area (Å²) in [4.78, 5) is 2.53. The molecular weight excluding hydrogens is 260 g/mol. The lowest BCUT2D eigenvalue weighted by Crippen LogP contribution is -2.40. The highest BCUT2D eigenvalue weighted by Gasteiger charge is 2.36. The standard InChI is InChI=1S/C18H24N2O/c19-15-16-4-3-5-17(14-16)21-13-12-20-10-8-18(9-11-20)6-1-2-7-18/h3-5,14H,1-2,6-13H2. The van der Waals surface area contributed by atoms with E-state index >= 15 is 0 Å². The van der Waals surface area contributed by atoms with Crippen LogP contribution in [-0.4, -0.2) is 31.1 Å². The summed E-state index contributed by atoms with van der Waals surface area (Å²) in [5.41, 5.74) is 1.35. The molecule has 0 aromatic heterocycles. The van der Waals surface area contributed by atoms with E-state index in [1.807, 2.05) is 18.2 Å². The molecule has 2 fully saturated rings. The van der Waals surface area contributed by atoms with Crippen molar-refractivity contribution in [3.8, 4) is 11.8 Å². The predicted octanol–water partition coefficient (Wildman–Crippen LogP) is 3.59. The first kappa shape index (κ1) is 14.4. The van der Waals surface area contributed by atoms with Crippen LogP contribution >= 0.6 is 0 Å². The van der Waals surface area contributed by atoms with E-state index in [0.717, 1.165) is 12.3 Å². The molecule has 2 aliphatic rings. The maximum absolute atomic E-state index is 8.88. The van der Waals surface area contributed by atoms with Crippen molar-refractivity contribution in [2.24, 2.45) is 5.41 Å². The smallest absolute Gasteiger partial charge is 0.120 e. The highest BCUT2D eigenvalue weighted by Crippen LogP contribution is 2.45. The van der Waals surface area contributed by atoms with Crippen molar-refractivity contribution in [3.63, 3.8) is 0 Å². The van der Waals surface area contributed by atoms with Gasteiger partial charge >= 0.3 is 0 Å². The summed E-state index contributed by atoms with van der Waals surface area (Å²) in [6.07, 6.45) is 8.54. The molecule has 1 spiro atoms. The normalized spacial score (nSPS) is 21.3. The van der Waals surface area contributed by atoms with Crippen LogP contribution in [0.4, 0.5) is 0 Å². The van der Waals surface area contributed by atoms with Gasteiger partial charge in [-0.15, -0.1) is 0 Å². The van der Waals surface area contributed by atoms with E-state index in [0.29, 0.717) is 17.6 Å². The summed E-state index contributed by atoms with van der Waals surface area (Å²) in [5.74, 6) is 0.804. The van der Waals surface area contributed by atoms with Crippen LogP contribution in [0.1, 0.15) is 44.1 Å². The lowest BCUT2D eigenvalue weighted by Gasteiger charge is -2.39. The van der Waals surface area contributed by atoms with Gasteiger partial charge in [0.2, 0.25) is 0 Å². The molecule has 1 aromatic carbocycles. The molecule has 0 unspecified atom stereocenters. The fraction of sp³-hybridized carbons (Fsp3) is 0.611. The predicted molar refractivity (Wildman–Crippen MR) is 83.2 cm³/mol. The van der Waals surface area contributed by atoms with Gasteiger partial charge in [0, 0.05) is 6.54 Å². The molecule has 1 aliphatic carbocycles. The Bertz CT molecular complexity index is 504. The Labute approximate surface area is 127 Å². The van der Waals surface area contributed by atoms with Crippen LogP contribution in [0, 0.1) is 16.7 Å². The first-order valence-electron chi connectivity index (χ1n) is 8.15. The van der Waals surface area contributed by atoms with Gasteiger partial charge in [-0.1, -0.05) is 18.9 Å². The second kappa shape index (κ2) is 6.49. The molecule has 0 radical (unpaired) electrons. The van der Waals surface area contributed by atoms with Crippen LogP contribution in [0.3, 0.4) is 0 Å². The lowest BCUT2D eigenvalue weighted by molar-refractivity contribution is 0.0961. The molecule has 0 N–H and O–H groups in total. The van der Waals surface area contributed by atoms with E-state index in [9.17, 15) is 0 Å². The summed E-state index contributed by atoms with van der Waals surface area (Å²) in [7, 11) is 0. The summed E-state index contributed by atoms with van der Waals surface area (Å²) in [5, 5.41) is 8.88. The van der Waals surface area contributed by atoms with E-state index in [4.69, 9.17) is 10.00 Å². The maximum atomic E-state index is 8.88. The van der Waals surface area contributed by atoms with E-state index < -0.39 is 0 Å². The van der Waals surface area contributed by atoms with Gasteiger partial charge in [-0.25, -0.2) is 0 Å². The van der Waals surface area contributed by atoms with Gasteiger partial charge in [-0.3, -0.25) is 4.90 Å². The molecule has 1 aliphatic heterocycles. The van der Waals surface area contributed by atoms with Crippen molar-refractivity contribution in [1.29, 1.82) is 5.26 Å². The molecule has 112 valence electrons. The van der Waals surface area contributed by atoms with Crippen LogP contribution in [0.25, 0.3) is 0 Å². The first-order valence-corrected chi connectivity index (χ1v) is 8.15. The van der Waals surface area contributed by atoms with Gasteiger partial charge in [0.15, 0.2) is 0 Å². The van der Waals surface area contributed by atoms with Gasteiger partial charge < -0.3 is 4.74 Å². The fourth-order valence-electron chi connectivity index (χ4n) is 3.82. The molecule has 1 heterocycles. The van der Waals surface area contributed by atoms with Gasteiger partial charge in [0.25, 0.3) is 0 Å². The van der Waals surface area contributed by atoms with Crippen molar-refractivity contribution >= 4 is 0 Å². The second-order valence-electron chi connectivity index (χ2n) is 6.54. The van der Waals surface area contributed by atoms with E-state index in [-0.39, 0.29) is 0 Å². The minimum absolute atomic E-state index is 0.661. The summed E-state index contributed by atoms with van der Waals surface area (Å²) < 4.78 is 5.78. The van der Waals surface area contributed by atoms with Crippen LogP contribution in [0.15, 0.2) is 24.3 Å². The number of nitriles is 1. The molecule has 1 saturated heterocycles. The van der Waals surface area contributed by atoms with Crippen LogP contribution in [0.2, 0.25) is 0 Å².